The van der Waals surface area contributed by atoms with Crippen LogP contribution in [0.3, 0.4) is 0 Å². The van der Waals surface area contributed by atoms with Crippen LogP contribution >= 0.6 is 0 Å². The summed E-state index contributed by atoms with van der Waals surface area (Å²) in [5, 5.41) is 7.72. The van der Waals surface area contributed by atoms with E-state index in [9.17, 15) is 4.79 Å². The maximum atomic E-state index is 9.37. The van der Waals surface area contributed by atoms with Crippen molar-refractivity contribution < 1.29 is 9.90 Å². The van der Waals surface area contributed by atoms with Gasteiger partial charge in [0.2, 0.25) is 0 Å². The molecule has 0 aliphatic heterocycles. The Morgan fingerprint density at radius 3 is 1.00 bits per heavy atom. The van der Waals surface area contributed by atoms with Gasteiger partial charge in [0.15, 0.2) is 0 Å². The zero-order valence-electron chi connectivity index (χ0n) is 16.9. The Bertz CT molecular complexity index is 269. The minimum absolute atomic E-state index is 0.222. The van der Waals surface area contributed by atoms with Gasteiger partial charge in [-0.25, -0.2) is 0 Å². The zero-order chi connectivity index (χ0) is 18.2. The molecule has 0 atom stereocenters. The van der Waals surface area contributed by atoms with Crippen molar-refractivity contribution >= 4 is 5.97 Å². The van der Waals surface area contributed by atoms with Crippen LogP contribution in [0.15, 0.2) is 0 Å². The van der Waals surface area contributed by atoms with Crippen LogP contribution in [0.5, 0.6) is 0 Å². The fraction of sp³-hybridized carbons (Fsp3) is 0.957. The van der Waals surface area contributed by atoms with Gasteiger partial charge in [-0.3, -0.25) is 4.79 Å². The van der Waals surface area contributed by atoms with Crippen LogP contribution in [0, 0.1) is 11.8 Å². The Kier molecular flexibility index (Phi) is 14.1. The van der Waals surface area contributed by atoms with Crippen LogP contribution in [0.1, 0.15) is 129 Å². The van der Waals surface area contributed by atoms with Crippen LogP contribution in [-0.2, 0) is 4.79 Å². The molecular formula is C23H44O2. The second kappa shape index (κ2) is 15.7. The summed E-state index contributed by atoms with van der Waals surface area (Å²) >= 11 is 0. The summed E-state index contributed by atoms with van der Waals surface area (Å²) in [6, 6.07) is 0. The highest BCUT2D eigenvalue weighted by Gasteiger charge is 2.21. The van der Waals surface area contributed by atoms with Gasteiger partial charge >= 0.3 is 5.97 Å². The van der Waals surface area contributed by atoms with Crippen LogP contribution in [0.2, 0.25) is 0 Å². The average Bonchev–Trinajstić information content (AvgIpc) is 2.64. The number of hydrogen-bond acceptors (Lipinski definition) is 1. The summed E-state index contributed by atoms with van der Waals surface area (Å²) in [6.45, 7) is 1.60. The van der Waals surface area contributed by atoms with Gasteiger partial charge < -0.3 is 5.11 Å². The molecule has 1 N–H and O–H groups in total. The summed E-state index contributed by atoms with van der Waals surface area (Å²) < 4.78 is 0. The van der Waals surface area contributed by atoms with Crippen molar-refractivity contribution in [1.82, 2.24) is 0 Å². The lowest BCUT2D eigenvalue weighted by molar-refractivity contribution is -0.136. The summed E-state index contributed by atoms with van der Waals surface area (Å²) in [6.07, 6.45) is 27.7. The highest BCUT2D eigenvalue weighted by molar-refractivity contribution is 5.66. The Labute approximate surface area is 157 Å². The van der Waals surface area contributed by atoms with Gasteiger partial charge in [-0.2, -0.15) is 0 Å². The van der Waals surface area contributed by atoms with Gasteiger partial charge in [-0.05, 0) is 11.8 Å². The maximum absolute atomic E-state index is 9.37. The molecule has 2 aliphatic carbocycles. The van der Waals surface area contributed by atoms with Crippen LogP contribution in [0.25, 0.3) is 0 Å². The molecule has 2 saturated carbocycles. The Morgan fingerprint density at radius 2 is 0.800 bits per heavy atom. The third kappa shape index (κ3) is 12.5. The maximum Gasteiger partial charge on any atom is 0.303 e. The topological polar surface area (TPSA) is 37.3 Å². The van der Waals surface area contributed by atoms with Crippen molar-refractivity contribution in [3.8, 4) is 0 Å². The van der Waals surface area contributed by atoms with Gasteiger partial charge in [0.05, 0.1) is 0 Å². The number of hydrogen-bond donors (Lipinski definition) is 1. The Morgan fingerprint density at radius 1 is 0.600 bits per heavy atom. The van der Waals surface area contributed by atoms with Gasteiger partial charge in [0.1, 0.15) is 0 Å². The molecule has 0 aromatic rings. The third-order valence-electron chi connectivity index (χ3n) is 6.27. The van der Waals surface area contributed by atoms with Gasteiger partial charge in [0.25, 0.3) is 0 Å². The summed E-state index contributed by atoms with van der Waals surface area (Å²) in [5.41, 5.74) is 0. The van der Waals surface area contributed by atoms with Crippen LogP contribution in [-0.4, -0.2) is 11.1 Å². The van der Waals surface area contributed by atoms with Crippen molar-refractivity contribution in [1.29, 1.82) is 0 Å². The largest absolute Gasteiger partial charge is 0.481 e. The molecular weight excluding hydrogens is 308 g/mol. The molecule has 2 rings (SSSR count). The normalized spacial score (nSPS) is 23.1. The van der Waals surface area contributed by atoms with E-state index in [1.54, 1.807) is 32.6 Å². The second-order valence-electron chi connectivity index (χ2n) is 8.37. The molecule has 0 radical (unpaired) electrons. The van der Waals surface area contributed by atoms with E-state index in [1.807, 2.05) is 0 Å². The number of rotatable bonds is 2. The molecule has 0 aromatic carbocycles. The van der Waals surface area contributed by atoms with E-state index < -0.39 is 5.97 Å². The average molecular weight is 353 g/mol. The molecule has 0 aromatic heterocycles. The molecule has 0 bridgehead atoms. The van der Waals surface area contributed by atoms with Gasteiger partial charge in [0, 0.05) is 6.42 Å². The van der Waals surface area contributed by atoms with Crippen molar-refractivity contribution in [2.24, 2.45) is 11.8 Å². The first-order valence-corrected chi connectivity index (χ1v) is 11.5. The molecule has 0 amide bonds. The van der Waals surface area contributed by atoms with Crippen molar-refractivity contribution in [2.45, 2.75) is 129 Å². The predicted octanol–water partition coefficient (Wildman–Crippen LogP) is 7.75. The Hall–Kier alpha value is -0.530. The van der Waals surface area contributed by atoms with Crippen molar-refractivity contribution in [3.63, 3.8) is 0 Å². The predicted molar refractivity (Wildman–Crippen MR) is 108 cm³/mol. The van der Waals surface area contributed by atoms with E-state index >= 15 is 0 Å². The summed E-state index contributed by atoms with van der Waals surface area (Å²) in [7, 11) is 0. The number of carboxylic acids is 1. The highest BCUT2D eigenvalue weighted by Crippen LogP contribution is 2.34. The minimum atomic E-state index is -0.745. The van der Waals surface area contributed by atoms with Crippen LogP contribution < -0.4 is 0 Å². The number of aliphatic carboxylic acids is 1. The smallest absolute Gasteiger partial charge is 0.303 e. The molecule has 2 aliphatic rings. The summed E-state index contributed by atoms with van der Waals surface area (Å²) in [4.78, 5) is 9.37. The van der Waals surface area contributed by atoms with E-state index in [1.165, 1.54) is 89.9 Å². The molecule has 2 nitrogen and oxygen atoms in total. The summed E-state index contributed by atoms with van der Waals surface area (Å²) in [5.74, 6) is 1.44. The first-order chi connectivity index (χ1) is 12.2. The lowest BCUT2D eigenvalue weighted by atomic mass is 9.77. The molecule has 2 heteroatoms. The zero-order valence-corrected chi connectivity index (χ0v) is 16.9. The fourth-order valence-electron chi connectivity index (χ4n) is 4.63. The van der Waals surface area contributed by atoms with Crippen molar-refractivity contribution in [3.05, 3.63) is 0 Å². The van der Waals surface area contributed by atoms with E-state index in [4.69, 9.17) is 5.11 Å². The highest BCUT2D eigenvalue weighted by atomic mass is 16.4. The minimum Gasteiger partial charge on any atom is -0.481 e. The SMILES string of the molecule is C1CCCCC(C2CCCCCCCCC2)CCCC1.CCC(=O)O. The van der Waals surface area contributed by atoms with Gasteiger partial charge in [-0.15, -0.1) is 0 Å². The van der Waals surface area contributed by atoms with E-state index in [-0.39, 0.29) is 6.42 Å². The molecule has 148 valence electrons. The fourth-order valence-corrected chi connectivity index (χ4v) is 4.63. The monoisotopic (exact) mass is 352 g/mol. The Balaban J connectivity index is 0.000000550. The first kappa shape index (κ1) is 22.5. The first-order valence-electron chi connectivity index (χ1n) is 11.5. The lowest BCUT2D eigenvalue weighted by Crippen LogP contribution is -2.16. The third-order valence-corrected chi connectivity index (χ3v) is 6.27. The standard InChI is InChI=1S/C20H38.C3H6O2/c1-3-7-11-15-19(16-12-8-4-1)20-17-13-9-5-2-6-10-14-18-20;1-2-3(4)5/h19-20H,1-18H2;2H2,1H3,(H,4,5). The molecule has 0 saturated heterocycles. The van der Waals surface area contributed by atoms with E-state index in [0.717, 1.165) is 11.8 Å². The quantitative estimate of drug-likeness (QED) is 0.551. The molecule has 0 heterocycles. The van der Waals surface area contributed by atoms with Crippen molar-refractivity contribution in [2.75, 3.05) is 0 Å². The molecule has 25 heavy (non-hydrogen) atoms. The lowest BCUT2D eigenvalue weighted by Gasteiger charge is -2.29. The van der Waals surface area contributed by atoms with E-state index in [0.29, 0.717) is 0 Å². The number of carbonyl (C=O) groups is 1. The van der Waals surface area contributed by atoms with Gasteiger partial charge in [-0.1, -0.05) is 122 Å². The molecule has 2 fully saturated rings. The second-order valence-corrected chi connectivity index (χ2v) is 8.37. The van der Waals surface area contributed by atoms with Crippen LogP contribution in [0.4, 0.5) is 0 Å². The molecule has 0 spiro atoms. The molecule has 0 unspecified atom stereocenters. The van der Waals surface area contributed by atoms with E-state index in [2.05, 4.69) is 0 Å². The number of carboxylic acid groups (broad SMARTS) is 1.